The second-order valence-electron chi connectivity index (χ2n) is 4.12. The van der Waals surface area contributed by atoms with Crippen LogP contribution in [0.25, 0.3) is 0 Å². The van der Waals surface area contributed by atoms with Gasteiger partial charge < -0.3 is 9.84 Å². The molecule has 2 atom stereocenters. The summed E-state index contributed by atoms with van der Waals surface area (Å²) in [5.41, 5.74) is -0.284. The summed E-state index contributed by atoms with van der Waals surface area (Å²) in [5, 5.41) is 9.65. The lowest BCUT2D eigenvalue weighted by Gasteiger charge is -2.29. The lowest BCUT2D eigenvalue weighted by atomic mass is 9.82. The van der Waals surface area contributed by atoms with Gasteiger partial charge in [-0.15, -0.1) is 0 Å². The lowest BCUT2D eigenvalue weighted by Crippen LogP contribution is -2.37. The maximum Gasteiger partial charge on any atom is 0.311 e. The van der Waals surface area contributed by atoms with Crippen LogP contribution in [0, 0.1) is 11.3 Å². The van der Waals surface area contributed by atoms with Crippen LogP contribution in [-0.4, -0.2) is 24.3 Å². The highest BCUT2D eigenvalue weighted by atomic mass is 16.5. The summed E-state index contributed by atoms with van der Waals surface area (Å²) in [7, 11) is 1.33. The van der Waals surface area contributed by atoms with Crippen LogP contribution >= 0.6 is 0 Å². The molecule has 0 aliphatic heterocycles. The van der Waals surface area contributed by atoms with E-state index in [2.05, 4.69) is 4.74 Å². The van der Waals surface area contributed by atoms with E-state index in [1.54, 1.807) is 6.92 Å². The first kappa shape index (κ1) is 11.4. The largest absolute Gasteiger partial charge is 0.469 e. The van der Waals surface area contributed by atoms with Crippen LogP contribution in [-0.2, 0) is 9.53 Å². The van der Waals surface area contributed by atoms with Crippen molar-refractivity contribution in [3.05, 3.63) is 0 Å². The van der Waals surface area contributed by atoms with E-state index < -0.39 is 12.0 Å². The fourth-order valence-electron chi connectivity index (χ4n) is 1.06. The SMILES string of the molecule is COC(=O)[C@H](C)[C@@H](O)C(C)(C)C. The monoisotopic (exact) mass is 174 g/mol. The second kappa shape index (κ2) is 3.90. The standard InChI is InChI=1S/C9H18O3/c1-6(8(11)12-5)7(10)9(2,3)4/h6-7,10H,1-5H3/t6-,7-/m1/s1. The Morgan fingerprint density at radius 2 is 1.83 bits per heavy atom. The van der Waals surface area contributed by atoms with Gasteiger partial charge in [0, 0.05) is 0 Å². The minimum atomic E-state index is -0.662. The van der Waals surface area contributed by atoms with Crippen LogP contribution in [0.15, 0.2) is 0 Å². The Kier molecular flexibility index (Phi) is 3.71. The second-order valence-corrected chi connectivity index (χ2v) is 4.12. The van der Waals surface area contributed by atoms with Gasteiger partial charge in [-0.3, -0.25) is 4.79 Å². The average molecular weight is 174 g/mol. The van der Waals surface area contributed by atoms with Gasteiger partial charge in [-0.05, 0) is 12.3 Å². The Hall–Kier alpha value is -0.570. The fourth-order valence-corrected chi connectivity index (χ4v) is 1.06. The smallest absolute Gasteiger partial charge is 0.311 e. The Balaban J connectivity index is 4.29. The van der Waals surface area contributed by atoms with Crippen molar-refractivity contribution < 1.29 is 14.6 Å². The van der Waals surface area contributed by atoms with Gasteiger partial charge in [-0.1, -0.05) is 20.8 Å². The average Bonchev–Trinajstić information content (AvgIpc) is 1.98. The van der Waals surface area contributed by atoms with E-state index in [-0.39, 0.29) is 11.4 Å². The van der Waals surface area contributed by atoms with Crippen LogP contribution in [0.5, 0.6) is 0 Å². The van der Waals surface area contributed by atoms with Crippen LogP contribution in [0.4, 0.5) is 0 Å². The number of ether oxygens (including phenoxy) is 1. The molecule has 0 heterocycles. The molecule has 0 aliphatic rings. The number of carbonyl (C=O) groups excluding carboxylic acids is 1. The van der Waals surface area contributed by atoms with Crippen molar-refractivity contribution in [2.24, 2.45) is 11.3 Å². The van der Waals surface area contributed by atoms with Gasteiger partial charge in [0.05, 0.1) is 19.1 Å². The molecule has 12 heavy (non-hydrogen) atoms. The van der Waals surface area contributed by atoms with E-state index in [1.807, 2.05) is 20.8 Å². The molecule has 0 aromatic rings. The molecule has 0 aliphatic carbocycles. The minimum absolute atomic E-state index is 0.284. The maximum absolute atomic E-state index is 11.0. The Bertz CT molecular complexity index is 158. The molecule has 0 bridgehead atoms. The Morgan fingerprint density at radius 3 is 2.08 bits per heavy atom. The third-order valence-electron chi connectivity index (χ3n) is 1.93. The molecule has 3 nitrogen and oxygen atoms in total. The zero-order valence-electron chi connectivity index (χ0n) is 8.42. The van der Waals surface area contributed by atoms with Gasteiger partial charge in [0.25, 0.3) is 0 Å². The van der Waals surface area contributed by atoms with Gasteiger partial charge in [-0.25, -0.2) is 0 Å². The van der Waals surface area contributed by atoms with Gasteiger partial charge in [-0.2, -0.15) is 0 Å². The number of rotatable bonds is 2. The number of esters is 1. The van der Waals surface area contributed by atoms with E-state index in [1.165, 1.54) is 7.11 Å². The quantitative estimate of drug-likeness (QED) is 0.640. The van der Waals surface area contributed by atoms with Gasteiger partial charge in [0.2, 0.25) is 0 Å². The predicted molar refractivity (Wildman–Crippen MR) is 46.6 cm³/mol. The first-order valence-electron chi connectivity index (χ1n) is 4.06. The Labute approximate surface area is 73.7 Å². The highest BCUT2D eigenvalue weighted by Gasteiger charge is 2.32. The molecule has 0 aromatic carbocycles. The molecular formula is C9H18O3. The van der Waals surface area contributed by atoms with Crippen molar-refractivity contribution in [2.45, 2.75) is 33.8 Å². The summed E-state index contributed by atoms with van der Waals surface area (Å²) in [4.78, 5) is 11.0. The normalized spacial score (nSPS) is 16.8. The topological polar surface area (TPSA) is 46.5 Å². The molecule has 0 saturated heterocycles. The molecule has 3 heteroatoms. The molecular weight excluding hydrogens is 156 g/mol. The van der Waals surface area contributed by atoms with Gasteiger partial charge >= 0.3 is 5.97 Å². The van der Waals surface area contributed by atoms with Crippen LogP contribution in [0.3, 0.4) is 0 Å². The van der Waals surface area contributed by atoms with Crippen molar-refractivity contribution in [1.29, 1.82) is 0 Å². The van der Waals surface area contributed by atoms with Gasteiger partial charge in [0.1, 0.15) is 0 Å². The van der Waals surface area contributed by atoms with E-state index in [0.717, 1.165) is 0 Å². The summed E-state index contributed by atoms with van der Waals surface area (Å²) in [6, 6.07) is 0. The molecule has 0 unspecified atom stereocenters. The van der Waals surface area contributed by atoms with Gasteiger partial charge in [0.15, 0.2) is 0 Å². The third-order valence-corrected chi connectivity index (χ3v) is 1.93. The fraction of sp³-hybridized carbons (Fsp3) is 0.889. The number of aliphatic hydroxyl groups is 1. The van der Waals surface area contributed by atoms with Crippen LogP contribution < -0.4 is 0 Å². The molecule has 0 rings (SSSR count). The lowest BCUT2D eigenvalue weighted by molar-refractivity contribution is -0.151. The predicted octanol–water partition coefficient (Wildman–Crippen LogP) is 1.20. The summed E-state index contributed by atoms with van der Waals surface area (Å²) >= 11 is 0. The summed E-state index contributed by atoms with van der Waals surface area (Å²) in [5.74, 6) is -0.826. The minimum Gasteiger partial charge on any atom is -0.469 e. The highest BCUT2D eigenvalue weighted by molar-refractivity contribution is 5.72. The van der Waals surface area contributed by atoms with Crippen molar-refractivity contribution in [1.82, 2.24) is 0 Å². The zero-order valence-corrected chi connectivity index (χ0v) is 8.42. The molecule has 1 N–H and O–H groups in total. The van der Waals surface area contributed by atoms with Crippen molar-refractivity contribution in [2.75, 3.05) is 7.11 Å². The Morgan fingerprint density at radius 1 is 1.42 bits per heavy atom. The van der Waals surface area contributed by atoms with Crippen LogP contribution in [0.2, 0.25) is 0 Å². The van der Waals surface area contributed by atoms with Crippen molar-refractivity contribution in [3.8, 4) is 0 Å². The maximum atomic E-state index is 11.0. The zero-order chi connectivity index (χ0) is 9.94. The molecule has 0 amide bonds. The van der Waals surface area contributed by atoms with E-state index in [9.17, 15) is 9.90 Å². The highest BCUT2D eigenvalue weighted by Crippen LogP contribution is 2.25. The van der Waals surface area contributed by atoms with Crippen molar-refractivity contribution >= 4 is 5.97 Å². The first-order chi connectivity index (χ1) is 5.30. The number of methoxy groups -OCH3 is 1. The first-order valence-corrected chi connectivity index (χ1v) is 4.06. The van der Waals surface area contributed by atoms with Crippen LogP contribution in [0.1, 0.15) is 27.7 Å². The van der Waals surface area contributed by atoms with Crippen molar-refractivity contribution in [3.63, 3.8) is 0 Å². The third kappa shape index (κ3) is 2.81. The number of hydrogen-bond donors (Lipinski definition) is 1. The molecule has 0 fully saturated rings. The number of carbonyl (C=O) groups is 1. The summed E-state index contributed by atoms with van der Waals surface area (Å²) < 4.78 is 4.53. The van der Waals surface area contributed by atoms with E-state index >= 15 is 0 Å². The van der Waals surface area contributed by atoms with E-state index in [0.29, 0.717) is 0 Å². The number of hydrogen-bond acceptors (Lipinski definition) is 3. The van der Waals surface area contributed by atoms with E-state index in [4.69, 9.17) is 0 Å². The summed E-state index contributed by atoms with van der Waals surface area (Å²) in [6.45, 7) is 7.33. The molecule has 72 valence electrons. The molecule has 0 aromatic heterocycles. The molecule has 0 saturated carbocycles. The molecule has 0 spiro atoms. The number of aliphatic hydroxyl groups excluding tert-OH is 1. The molecule has 0 radical (unpaired) electrons. The summed E-state index contributed by atoms with van der Waals surface area (Å²) in [6.07, 6.45) is -0.662.